The number of hydrogen-bond acceptors (Lipinski definition) is 6. The summed E-state index contributed by atoms with van der Waals surface area (Å²) in [5.74, 6) is 1.00. The third kappa shape index (κ3) is 4.77. The Hall–Kier alpha value is -2.78. The number of amides is 1. The number of nitrogens with zero attached hydrogens (tertiary/aromatic N) is 3. The number of rotatable bonds is 5. The van der Waals surface area contributed by atoms with Crippen LogP contribution in [0.2, 0.25) is 0 Å². The lowest BCUT2D eigenvalue weighted by Gasteiger charge is -2.35. The van der Waals surface area contributed by atoms with Crippen molar-refractivity contribution in [1.29, 1.82) is 0 Å². The van der Waals surface area contributed by atoms with Crippen molar-refractivity contribution in [2.75, 3.05) is 57.9 Å². The van der Waals surface area contributed by atoms with Crippen molar-refractivity contribution < 1.29 is 22.7 Å². The fraction of sp³-hybridized carbons (Fsp3) is 0.409. The van der Waals surface area contributed by atoms with Gasteiger partial charge in [0.2, 0.25) is 15.9 Å². The molecular formula is C22H27N3O5S. The number of piperazine rings is 1. The maximum atomic E-state index is 13.1. The van der Waals surface area contributed by atoms with E-state index in [4.69, 9.17) is 9.47 Å². The van der Waals surface area contributed by atoms with Gasteiger partial charge in [0.05, 0.1) is 24.7 Å². The van der Waals surface area contributed by atoms with Crippen LogP contribution in [0.4, 0.5) is 5.69 Å². The number of hydrogen-bond donors (Lipinski definition) is 0. The molecule has 0 saturated carbocycles. The molecule has 31 heavy (non-hydrogen) atoms. The van der Waals surface area contributed by atoms with Gasteiger partial charge in [-0.2, -0.15) is 4.31 Å². The molecule has 2 aromatic rings. The van der Waals surface area contributed by atoms with Crippen LogP contribution in [0.3, 0.4) is 0 Å². The quantitative estimate of drug-likeness (QED) is 0.699. The number of likely N-dealkylation sites (N-methyl/N-ethyl adjacent to an activating group) is 1. The molecule has 4 rings (SSSR count). The third-order valence-corrected chi connectivity index (χ3v) is 7.41. The number of anilines is 1. The van der Waals surface area contributed by atoms with Gasteiger partial charge in [-0.3, -0.25) is 4.79 Å². The summed E-state index contributed by atoms with van der Waals surface area (Å²) in [4.78, 5) is 16.5. The molecule has 0 N–H and O–H groups in total. The summed E-state index contributed by atoms with van der Waals surface area (Å²) >= 11 is 0. The first-order valence-corrected chi connectivity index (χ1v) is 11.8. The van der Waals surface area contributed by atoms with Gasteiger partial charge < -0.3 is 19.3 Å². The lowest BCUT2D eigenvalue weighted by atomic mass is 10.3. The van der Waals surface area contributed by atoms with Gasteiger partial charge in [0, 0.05) is 51.4 Å². The molecule has 1 saturated heterocycles. The van der Waals surface area contributed by atoms with Crippen molar-refractivity contribution in [3.8, 4) is 11.5 Å². The Morgan fingerprint density at radius 1 is 0.968 bits per heavy atom. The van der Waals surface area contributed by atoms with Crippen LogP contribution in [-0.2, 0) is 14.8 Å². The van der Waals surface area contributed by atoms with E-state index < -0.39 is 10.0 Å². The van der Waals surface area contributed by atoms with Crippen molar-refractivity contribution in [2.24, 2.45) is 0 Å². The van der Waals surface area contributed by atoms with Gasteiger partial charge in [-0.05, 0) is 24.3 Å². The Bertz CT molecular complexity index is 1020. The zero-order valence-corrected chi connectivity index (χ0v) is 18.4. The first kappa shape index (κ1) is 21.5. The molecule has 0 atom stereocenters. The van der Waals surface area contributed by atoms with Gasteiger partial charge in [0.15, 0.2) is 11.5 Å². The van der Waals surface area contributed by atoms with Crippen molar-refractivity contribution in [3.05, 3.63) is 48.5 Å². The van der Waals surface area contributed by atoms with Gasteiger partial charge in [-0.25, -0.2) is 8.42 Å². The van der Waals surface area contributed by atoms with E-state index in [2.05, 4.69) is 0 Å². The minimum absolute atomic E-state index is 0.0148. The SMILES string of the molecule is CN(CC(=O)N1CCN(S(=O)(=O)c2ccc3c(c2)OCCCO3)CC1)c1ccccc1. The highest BCUT2D eigenvalue weighted by Crippen LogP contribution is 2.33. The second kappa shape index (κ2) is 9.15. The fourth-order valence-corrected chi connectivity index (χ4v) is 5.15. The number of carbonyl (C=O) groups excluding carboxylic acids is 1. The molecule has 8 nitrogen and oxygen atoms in total. The number of fused-ring (bicyclic) bond motifs is 1. The highest BCUT2D eigenvalue weighted by atomic mass is 32.2. The van der Waals surface area contributed by atoms with Gasteiger partial charge in [-0.15, -0.1) is 0 Å². The molecule has 1 amide bonds. The Balaban J connectivity index is 1.38. The Labute approximate surface area is 183 Å². The van der Waals surface area contributed by atoms with Crippen molar-refractivity contribution >= 4 is 21.6 Å². The second-order valence-corrected chi connectivity index (χ2v) is 9.57. The maximum absolute atomic E-state index is 13.1. The molecule has 0 radical (unpaired) electrons. The number of sulfonamides is 1. The van der Waals surface area contributed by atoms with Crippen LogP contribution in [0.5, 0.6) is 11.5 Å². The smallest absolute Gasteiger partial charge is 0.243 e. The molecule has 1 fully saturated rings. The Morgan fingerprint density at radius 3 is 2.35 bits per heavy atom. The molecule has 2 aliphatic rings. The summed E-state index contributed by atoms with van der Waals surface area (Å²) in [5, 5.41) is 0. The second-order valence-electron chi connectivity index (χ2n) is 7.64. The number of ether oxygens (including phenoxy) is 2. The van der Waals surface area contributed by atoms with Crippen molar-refractivity contribution in [2.45, 2.75) is 11.3 Å². The largest absolute Gasteiger partial charge is 0.490 e. The molecule has 0 spiro atoms. The standard InChI is InChI=1S/C22H27N3O5S/c1-23(18-6-3-2-4-7-18)17-22(26)24-10-12-25(13-11-24)31(27,28)19-8-9-20-21(16-19)30-15-5-14-29-20/h2-4,6-9,16H,5,10-15,17H2,1H3. The molecule has 2 aliphatic heterocycles. The molecule has 2 aromatic carbocycles. The lowest BCUT2D eigenvalue weighted by molar-refractivity contribution is -0.130. The Morgan fingerprint density at radius 2 is 1.65 bits per heavy atom. The predicted octanol–water partition coefficient (Wildman–Crippen LogP) is 1.82. The lowest BCUT2D eigenvalue weighted by Crippen LogP contribution is -2.52. The van der Waals surface area contributed by atoms with Crippen molar-refractivity contribution in [1.82, 2.24) is 9.21 Å². The van der Waals surface area contributed by atoms with Gasteiger partial charge >= 0.3 is 0 Å². The van der Waals surface area contributed by atoms with Gasteiger partial charge in [0.1, 0.15) is 0 Å². The van der Waals surface area contributed by atoms with Crippen LogP contribution < -0.4 is 14.4 Å². The van der Waals surface area contributed by atoms with Crippen LogP contribution in [0.25, 0.3) is 0 Å². The van der Waals surface area contributed by atoms with E-state index in [1.54, 1.807) is 17.0 Å². The zero-order chi connectivity index (χ0) is 21.8. The van der Waals surface area contributed by atoms with Crippen LogP contribution in [0, 0.1) is 0 Å². The predicted molar refractivity (Wildman–Crippen MR) is 117 cm³/mol. The summed E-state index contributed by atoms with van der Waals surface area (Å²) < 4.78 is 38.9. The van der Waals surface area contributed by atoms with E-state index in [0.29, 0.717) is 37.8 Å². The van der Waals surface area contributed by atoms with E-state index in [9.17, 15) is 13.2 Å². The Kier molecular flexibility index (Phi) is 6.33. The van der Waals surface area contributed by atoms with E-state index >= 15 is 0 Å². The van der Waals surface area contributed by atoms with Crippen LogP contribution in [0.1, 0.15) is 6.42 Å². The van der Waals surface area contributed by atoms with E-state index in [1.165, 1.54) is 10.4 Å². The highest BCUT2D eigenvalue weighted by Gasteiger charge is 2.31. The van der Waals surface area contributed by atoms with Crippen LogP contribution in [0.15, 0.2) is 53.4 Å². The first-order chi connectivity index (χ1) is 14.9. The topological polar surface area (TPSA) is 79.4 Å². The number of benzene rings is 2. The van der Waals surface area contributed by atoms with Gasteiger partial charge in [-0.1, -0.05) is 18.2 Å². The molecule has 0 bridgehead atoms. The fourth-order valence-electron chi connectivity index (χ4n) is 3.71. The van der Waals surface area contributed by atoms with E-state index in [0.717, 1.165) is 12.1 Å². The molecule has 2 heterocycles. The van der Waals surface area contributed by atoms with Gasteiger partial charge in [0.25, 0.3) is 0 Å². The summed E-state index contributed by atoms with van der Waals surface area (Å²) in [6.07, 6.45) is 0.756. The maximum Gasteiger partial charge on any atom is 0.243 e. The van der Waals surface area contributed by atoms with E-state index in [1.807, 2.05) is 42.3 Å². The zero-order valence-electron chi connectivity index (χ0n) is 17.6. The van der Waals surface area contributed by atoms with E-state index in [-0.39, 0.29) is 30.4 Å². The molecular weight excluding hydrogens is 418 g/mol. The van der Waals surface area contributed by atoms with Crippen molar-refractivity contribution in [3.63, 3.8) is 0 Å². The average molecular weight is 446 g/mol. The molecule has 0 unspecified atom stereocenters. The minimum Gasteiger partial charge on any atom is -0.490 e. The third-order valence-electron chi connectivity index (χ3n) is 5.52. The molecule has 0 aromatic heterocycles. The summed E-state index contributed by atoms with van der Waals surface area (Å²) in [6.45, 7) is 2.55. The minimum atomic E-state index is -3.67. The monoisotopic (exact) mass is 445 g/mol. The first-order valence-electron chi connectivity index (χ1n) is 10.4. The summed E-state index contributed by atoms with van der Waals surface area (Å²) in [6, 6.07) is 14.4. The number of para-hydroxylation sites is 1. The average Bonchev–Trinajstić information content (AvgIpc) is 3.04. The molecule has 9 heteroatoms. The number of carbonyl (C=O) groups is 1. The molecule has 0 aliphatic carbocycles. The summed E-state index contributed by atoms with van der Waals surface area (Å²) in [5.41, 5.74) is 0.964. The van der Waals surface area contributed by atoms with Crippen LogP contribution >= 0.6 is 0 Å². The summed E-state index contributed by atoms with van der Waals surface area (Å²) in [7, 11) is -1.80. The van der Waals surface area contributed by atoms with Crippen LogP contribution in [-0.4, -0.2) is 76.5 Å². The highest BCUT2D eigenvalue weighted by molar-refractivity contribution is 7.89. The normalized spacial score (nSPS) is 17.1. The molecule has 166 valence electrons.